The number of hydrogen-bond donors (Lipinski definition) is 1. The van der Waals surface area contributed by atoms with Crippen LogP contribution in [-0.2, 0) is 12.8 Å². The van der Waals surface area contributed by atoms with E-state index in [4.69, 9.17) is 0 Å². The van der Waals surface area contributed by atoms with E-state index >= 15 is 0 Å². The molecule has 2 aliphatic rings. The van der Waals surface area contributed by atoms with E-state index in [1.54, 1.807) is 0 Å². The number of fused-ring (bicyclic) bond motifs is 1. The van der Waals surface area contributed by atoms with Crippen LogP contribution in [-0.4, -0.2) is 17.0 Å². The van der Waals surface area contributed by atoms with Crippen LogP contribution in [0.4, 0.5) is 5.69 Å². The number of rotatable bonds is 2. The van der Waals surface area contributed by atoms with Gasteiger partial charge in [0.2, 0.25) is 0 Å². The molecule has 1 unspecified atom stereocenters. The average Bonchev–Trinajstić information content (AvgIpc) is 2.96. The molecule has 1 heterocycles. The molecule has 18 heavy (non-hydrogen) atoms. The van der Waals surface area contributed by atoms with Crippen LogP contribution in [0.1, 0.15) is 31.4 Å². The highest BCUT2D eigenvalue weighted by molar-refractivity contribution is 8.15. The molecule has 0 aromatic heterocycles. The first kappa shape index (κ1) is 12.1. The third kappa shape index (κ3) is 2.41. The van der Waals surface area contributed by atoms with Crippen molar-refractivity contribution in [3.8, 4) is 0 Å². The normalized spacial score (nSPS) is 22.2. The number of aliphatic imine (C=N–C) groups is 1. The van der Waals surface area contributed by atoms with Crippen LogP contribution in [0.15, 0.2) is 23.2 Å². The molecule has 0 radical (unpaired) electrons. The van der Waals surface area contributed by atoms with Crippen LogP contribution >= 0.6 is 11.8 Å². The lowest BCUT2D eigenvalue weighted by atomic mass is 10.1. The largest absolute Gasteiger partial charge is 0.335 e. The molecule has 0 spiro atoms. The van der Waals surface area contributed by atoms with Crippen LogP contribution in [0.3, 0.4) is 0 Å². The lowest BCUT2D eigenvalue weighted by molar-refractivity contribution is 0.621. The fourth-order valence-corrected chi connectivity index (χ4v) is 3.61. The molecular formula is C15H20N2S. The molecule has 1 N–H and O–H groups in total. The van der Waals surface area contributed by atoms with E-state index in [0.717, 1.165) is 11.7 Å². The van der Waals surface area contributed by atoms with Crippen LogP contribution in [0, 0.1) is 5.92 Å². The van der Waals surface area contributed by atoms with Gasteiger partial charge in [-0.25, -0.2) is 0 Å². The summed E-state index contributed by atoms with van der Waals surface area (Å²) in [5, 5.41) is 5.20. The van der Waals surface area contributed by atoms with E-state index in [1.165, 1.54) is 36.1 Å². The van der Waals surface area contributed by atoms with Gasteiger partial charge in [-0.05, 0) is 48.4 Å². The number of aryl methyl sites for hydroxylation is 2. The molecule has 96 valence electrons. The van der Waals surface area contributed by atoms with E-state index < -0.39 is 0 Å². The van der Waals surface area contributed by atoms with Gasteiger partial charge in [0.05, 0.1) is 6.54 Å². The molecule has 0 saturated carbocycles. The molecule has 2 nitrogen and oxygen atoms in total. The van der Waals surface area contributed by atoms with Crippen LogP contribution < -0.4 is 5.32 Å². The third-order valence-corrected chi connectivity index (χ3v) is 5.22. The Morgan fingerprint density at radius 3 is 2.89 bits per heavy atom. The molecule has 1 aromatic carbocycles. The quantitative estimate of drug-likeness (QED) is 0.876. The number of thioether (sulfide) groups is 1. The van der Waals surface area contributed by atoms with Gasteiger partial charge < -0.3 is 5.32 Å². The maximum atomic E-state index is 4.60. The van der Waals surface area contributed by atoms with Crippen molar-refractivity contribution >= 4 is 22.6 Å². The second-order valence-electron chi connectivity index (χ2n) is 5.51. The van der Waals surface area contributed by atoms with Gasteiger partial charge in [-0.2, -0.15) is 0 Å². The van der Waals surface area contributed by atoms with Crippen molar-refractivity contribution in [2.24, 2.45) is 10.9 Å². The predicted molar refractivity (Wildman–Crippen MR) is 80.6 cm³/mol. The molecule has 0 bridgehead atoms. The monoisotopic (exact) mass is 260 g/mol. The summed E-state index contributed by atoms with van der Waals surface area (Å²) in [6.07, 6.45) is 3.80. The van der Waals surface area contributed by atoms with Crippen molar-refractivity contribution in [1.82, 2.24) is 0 Å². The summed E-state index contributed by atoms with van der Waals surface area (Å²) in [5.41, 5.74) is 4.25. The summed E-state index contributed by atoms with van der Waals surface area (Å²) >= 11 is 1.89. The third-order valence-electron chi connectivity index (χ3n) is 3.77. The van der Waals surface area contributed by atoms with E-state index in [9.17, 15) is 0 Å². The van der Waals surface area contributed by atoms with Gasteiger partial charge in [0.15, 0.2) is 5.17 Å². The summed E-state index contributed by atoms with van der Waals surface area (Å²) in [7, 11) is 0. The minimum atomic E-state index is 0.641. The zero-order chi connectivity index (χ0) is 12.5. The second-order valence-corrected chi connectivity index (χ2v) is 6.74. The lowest BCUT2D eigenvalue weighted by Crippen LogP contribution is -2.13. The fraction of sp³-hybridized carbons (Fsp3) is 0.533. The van der Waals surface area contributed by atoms with Gasteiger partial charge in [0, 0.05) is 10.9 Å². The molecule has 0 saturated heterocycles. The summed E-state index contributed by atoms with van der Waals surface area (Å²) in [6, 6.07) is 6.76. The Balaban J connectivity index is 1.67. The highest BCUT2D eigenvalue weighted by atomic mass is 32.2. The Hall–Kier alpha value is -0.960. The van der Waals surface area contributed by atoms with Crippen molar-refractivity contribution in [1.29, 1.82) is 0 Å². The standard InChI is InChI=1S/C15H20N2S/c1-10(2)14-9-16-15(18-14)17-13-7-6-11-4-3-5-12(11)8-13/h6-8,10,14H,3-5,9H2,1-2H3,(H,16,17). The van der Waals surface area contributed by atoms with Crippen molar-refractivity contribution < 1.29 is 0 Å². The Morgan fingerprint density at radius 1 is 1.28 bits per heavy atom. The maximum absolute atomic E-state index is 4.60. The van der Waals surface area contributed by atoms with E-state index in [-0.39, 0.29) is 0 Å². The van der Waals surface area contributed by atoms with Gasteiger partial charge in [-0.1, -0.05) is 31.7 Å². The fourth-order valence-electron chi connectivity index (χ4n) is 2.58. The van der Waals surface area contributed by atoms with Crippen molar-refractivity contribution in [3.05, 3.63) is 29.3 Å². The summed E-state index contributed by atoms with van der Waals surface area (Å²) in [4.78, 5) is 4.60. The van der Waals surface area contributed by atoms with Gasteiger partial charge in [0.1, 0.15) is 0 Å². The molecule has 0 fully saturated rings. The number of nitrogens with zero attached hydrogens (tertiary/aromatic N) is 1. The molecule has 3 rings (SSSR count). The number of nitrogens with one attached hydrogen (secondary N) is 1. The highest BCUT2D eigenvalue weighted by Crippen LogP contribution is 2.29. The Morgan fingerprint density at radius 2 is 2.11 bits per heavy atom. The molecule has 1 aromatic rings. The first-order chi connectivity index (χ1) is 8.72. The lowest BCUT2D eigenvalue weighted by Gasteiger charge is -2.12. The number of benzene rings is 1. The SMILES string of the molecule is CC(C)C1CN=C(Nc2ccc3c(c2)CCC3)S1. The molecule has 3 heteroatoms. The topological polar surface area (TPSA) is 24.4 Å². The molecular weight excluding hydrogens is 240 g/mol. The average molecular weight is 260 g/mol. The number of hydrogen-bond acceptors (Lipinski definition) is 3. The minimum absolute atomic E-state index is 0.641. The van der Waals surface area contributed by atoms with Gasteiger partial charge >= 0.3 is 0 Å². The van der Waals surface area contributed by atoms with Crippen LogP contribution in [0.5, 0.6) is 0 Å². The van der Waals surface area contributed by atoms with Gasteiger partial charge in [0.25, 0.3) is 0 Å². The zero-order valence-electron chi connectivity index (χ0n) is 11.1. The second kappa shape index (κ2) is 4.96. The van der Waals surface area contributed by atoms with Crippen molar-refractivity contribution in [3.63, 3.8) is 0 Å². The van der Waals surface area contributed by atoms with Crippen molar-refractivity contribution in [2.45, 2.75) is 38.4 Å². The van der Waals surface area contributed by atoms with Gasteiger partial charge in [-0.15, -0.1) is 0 Å². The number of anilines is 1. The minimum Gasteiger partial charge on any atom is -0.335 e. The Kier molecular flexibility index (Phi) is 3.33. The first-order valence-electron chi connectivity index (χ1n) is 6.82. The van der Waals surface area contributed by atoms with E-state index in [1.807, 2.05) is 11.8 Å². The Bertz CT molecular complexity index is 479. The predicted octanol–water partition coefficient (Wildman–Crippen LogP) is 3.71. The summed E-state index contributed by atoms with van der Waals surface area (Å²) in [5.74, 6) is 0.693. The smallest absolute Gasteiger partial charge is 0.161 e. The van der Waals surface area contributed by atoms with E-state index in [0.29, 0.717) is 11.2 Å². The van der Waals surface area contributed by atoms with Crippen LogP contribution in [0.25, 0.3) is 0 Å². The van der Waals surface area contributed by atoms with Crippen LogP contribution in [0.2, 0.25) is 0 Å². The van der Waals surface area contributed by atoms with E-state index in [2.05, 4.69) is 42.4 Å². The zero-order valence-corrected chi connectivity index (χ0v) is 11.9. The molecule has 0 amide bonds. The number of amidine groups is 1. The van der Waals surface area contributed by atoms with Gasteiger partial charge in [-0.3, -0.25) is 4.99 Å². The first-order valence-corrected chi connectivity index (χ1v) is 7.70. The summed E-state index contributed by atoms with van der Waals surface area (Å²) in [6.45, 7) is 5.49. The molecule has 1 aliphatic carbocycles. The molecule has 1 atom stereocenters. The molecule has 1 aliphatic heterocycles. The van der Waals surface area contributed by atoms with Crippen molar-refractivity contribution in [2.75, 3.05) is 11.9 Å². The Labute approximate surface area is 113 Å². The highest BCUT2D eigenvalue weighted by Gasteiger charge is 2.22. The summed E-state index contributed by atoms with van der Waals surface area (Å²) < 4.78 is 0. The maximum Gasteiger partial charge on any atom is 0.161 e.